The summed E-state index contributed by atoms with van der Waals surface area (Å²) >= 11 is 0. The van der Waals surface area contributed by atoms with Crippen LogP contribution in [0.4, 0.5) is 0 Å². The molecule has 1 N–H and O–H groups in total. The number of ether oxygens (including phenoxy) is 2. The van der Waals surface area contributed by atoms with Gasteiger partial charge >= 0.3 is 0 Å². The molecule has 21 heavy (non-hydrogen) atoms. The highest BCUT2D eigenvalue weighted by molar-refractivity contribution is 5.44. The van der Waals surface area contributed by atoms with Crippen LogP contribution in [0.2, 0.25) is 0 Å². The lowest BCUT2D eigenvalue weighted by Crippen LogP contribution is -2.17. The summed E-state index contributed by atoms with van der Waals surface area (Å²) < 4.78 is 11.7. The van der Waals surface area contributed by atoms with Crippen LogP contribution in [0.15, 0.2) is 18.2 Å². The molecular formula is C18H29NO2. The molecule has 0 radical (unpaired) electrons. The van der Waals surface area contributed by atoms with Crippen molar-refractivity contribution in [2.75, 3.05) is 20.3 Å². The van der Waals surface area contributed by atoms with Gasteiger partial charge in [-0.25, -0.2) is 0 Å². The van der Waals surface area contributed by atoms with Gasteiger partial charge in [0.05, 0.1) is 13.2 Å². The highest BCUT2D eigenvalue weighted by atomic mass is 16.5. The van der Waals surface area contributed by atoms with Crippen LogP contribution in [0.3, 0.4) is 0 Å². The van der Waals surface area contributed by atoms with Crippen LogP contribution in [-0.4, -0.2) is 20.3 Å². The van der Waals surface area contributed by atoms with Gasteiger partial charge in [-0.1, -0.05) is 32.8 Å². The van der Waals surface area contributed by atoms with Gasteiger partial charge in [-0.15, -0.1) is 0 Å². The summed E-state index contributed by atoms with van der Waals surface area (Å²) in [6, 6.07) is 6.81. The largest absolute Gasteiger partial charge is 0.490 e. The van der Waals surface area contributed by atoms with Crippen molar-refractivity contribution in [1.29, 1.82) is 0 Å². The predicted molar refractivity (Wildman–Crippen MR) is 87.2 cm³/mol. The molecule has 1 atom stereocenters. The van der Waals surface area contributed by atoms with E-state index >= 15 is 0 Å². The number of benzene rings is 1. The molecule has 0 heterocycles. The summed E-state index contributed by atoms with van der Waals surface area (Å²) in [6.07, 6.45) is 6.01. The van der Waals surface area contributed by atoms with Crippen molar-refractivity contribution in [2.45, 2.75) is 52.0 Å². The molecule has 0 aliphatic heterocycles. The Hall–Kier alpha value is -1.22. The highest BCUT2D eigenvalue weighted by Gasteiger charge is 2.26. The fourth-order valence-electron chi connectivity index (χ4n) is 2.50. The Morgan fingerprint density at radius 2 is 1.76 bits per heavy atom. The topological polar surface area (TPSA) is 30.5 Å². The number of hydrogen-bond acceptors (Lipinski definition) is 3. The van der Waals surface area contributed by atoms with Gasteiger partial charge in [0.25, 0.3) is 0 Å². The predicted octanol–water partition coefficient (Wildman–Crippen LogP) is 4.32. The fraction of sp³-hybridized carbons (Fsp3) is 0.667. The number of nitrogens with one attached hydrogen (secondary N) is 1. The van der Waals surface area contributed by atoms with Crippen LogP contribution in [0.25, 0.3) is 0 Å². The normalized spacial score (nSPS) is 15.8. The maximum Gasteiger partial charge on any atom is 0.161 e. The van der Waals surface area contributed by atoms with Gasteiger partial charge in [-0.05, 0) is 49.9 Å². The third-order valence-corrected chi connectivity index (χ3v) is 3.91. The lowest BCUT2D eigenvalue weighted by molar-refractivity contribution is 0.267. The minimum atomic E-state index is 0.418. The van der Waals surface area contributed by atoms with E-state index in [1.807, 2.05) is 7.05 Å². The molecule has 3 nitrogen and oxygen atoms in total. The van der Waals surface area contributed by atoms with E-state index in [0.29, 0.717) is 6.04 Å². The zero-order valence-electron chi connectivity index (χ0n) is 13.7. The van der Waals surface area contributed by atoms with Crippen LogP contribution in [-0.2, 0) is 0 Å². The third-order valence-electron chi connectivity index (χ3n) is 3.91. The molecular weight excluding hydrogens is 262 g/mol. The summed E-state index contributed by atoms with van der Waals surface area (Å²) in [7, 11) is 2.04. The molecule has 1 fully saturated rings. The van der Waals surface area contributed by atoms with Crippen LogP contribution in [0.5, 0.6) is 11.5 Å². The van der Waals surface area contributed by atoms with Crippen molar-refractivity contribution < 1.29 is 9.47 Å². The van der Waals surface area contributed by atoms with E-state index in [2.05, 4.69) is 37.4 Å². The Morgan fingerprint density at radius 1 is 1.10 bits per heavy atom. The maximum atomic E-state index is 5.89. The van der Waals surface area contributed by atoms with E-state index in [0.717, 1.165) is 43.5 Å². The van der Waals surface area contributed by atoms with Crippen molar-refractivity contribution in [2.24, 2.45) is 5.92 Å². The Morgan fingerprint density at radius 3 is 2.33 bits per heavy atom. The van der Waals surface area contributed by atoms with Gasteiger partial charge in [0.15, 0.2) is 11.5 Å². The van der Waals surface area contributed by atoms with E-state index in [1.165, 1.54) is 24.8 Å². The standard InChI is InChI=1S/C18H29NO2/c1-4-10-20-17-9-8-15(13-18(17)21-11-5-2)16(19-3)12-14-6-7-14/h8-9,13-14,16,19H,4-7,10-12H2,1-3H3. The van der Waals surface area contributed by atoms with E-state index in [9.17, 15) is 0 Å². The minimum absolute atomic E-state index is 0.418. The number of rotatable bonds is 10. The molecule has 118 valence electrons. The quantitative estimate of drug-likeness (QED) is 0.696. The van der Waals surface area contributed by atoms with Crippen molar-refractivity contribution in [1.82, 2.24) is 5.32 Å². The SMILES string of the molecule is CCCOc1ccc(C(CC2CC2)NC)cc1OCCC. The Bertz CT molecular complexity index is 429. The lowest BCUT2D eigenvalue weighted by Gasteiger charge is -2.19. The molecule has 2 rings (SSSR count). The third kappa shape index (κ3) is 4.92. The zero-order valence-corrected chi connectivity index (χ0v) is 13.7. The monoisotopic (exact) mass is 291 g/mol. The Labute approximate surface area is 129 Å². The first-order valence-corrected chi connectivity index (χ1v) is 8.35. The van der Waals surface area contributed by atoms with Gasteiger partial charge in [0.2, 0.25) is 0 Å². The molecule has 1 saturated carbocycles. The van der Waals surface area contributed by atoms with Gasteiger partial charge in [0.1, 0.15) is 0 Å². The van der Waals surface area contributed by atoms with E-state index in [1.54, 1.807) is 0 Å². The summed E-state index contributed by atoms with van der Waals surface area (Å²) in [5.74, 6) is 2.66. The second kappa shape index (κ2) is 8.28. The first kappa shape index (κ1) is 16.2. The summed E-state index contributed by atoms with van der Waals surface area (Å²) in [6.45, 7) is 5.71. The average molecular weight is 291 g/mol. The summed E-state index contributed by atoms with van der Waals surface area (Å²) in [5.41, 5.74) is 1.30. The molecule has 0 saturated heterocycles. The molecule has 1 aromatic carbocycles. The molecule has 1 unspecified atom stereocenters. The number of hydrogen-bond donors (Lipinski definition) is 1. The molecule has 0 bridgehead atoms. The Kier molecular flexibility index (Phi) is 6.37. The molecule has 3 heteroatoms. The molecule has 0 aromatic heterocycles. The van der Waals surface area contributed by atoms with Gasteiger partial charge in [0, 0.05) is 6.04 Å². The first-order chi connectivity index (χ1) is 10.3. The van der Waals surface area contributed by atoms with Gasteiger partial charge < -0.3 is 14.8 Å². The van der Waals surface area contributed by atoms with Crippen LogP contribution in [0.1, 0.15) is 57.6 Å². The van der Waals surface area contributed by atoms with Crippen LogP contribution < -0.4 is 14.8 Å². The molecule has 0 spiro atoms. The molecule has 1 aromatic rings. The fourth-order valence-corrected chi connectivity index (χ4v) is 2.50. The second-order valence-corrected chi connectivity index (χ2v) is 5.92. The van der Waals surface area contributed by atoms with Gasteiger partial charge in [-0.2, -0.15) is 0 Å². The molecule has 1 aliphatic carbocycles. The van der Waals surface area contributed by atoms with Crippen LogP contribution >= 0.6 is 0 Å². The zero-order chi connectivity index (χ0) is 15.1. The van der Waals surface area contributed by atoms with Crippen molar-refractivity contribution >= 4 is 0 Å². The van der Waals surface area contributed by atoms with Gasteiger partial charge in [-0.3, -0.25) is 0 Å². The lowest BCUT2D eigenvalue weighted by atomic mass is 10.0. The maximum absolute atomic E-state index is 5.89. The van der Waals surface area contributed by atoms with Crippen molar-refractivity contribution in [3.8, 4) is 11.5 Å². The average Bonchev–Trinajstić information content (AvgIpc) is 3.33. The van der Waals surface area contributed by atoms with E-state index in [4.69, 9.17) is 9.47 Å². The van der Waals surface area contributed by atoms with Crippen molar-refractivity contribution in [3.05, 3.63) is 23.8 Å². The smallest absolute Gasteiger partial charge is 0.161 e. The van der Waals surface area contributed by atoms with Crippen LogP contribution in [0, 0.1) is 5.92 Å². The van der Waals surface area contributed by atoms with E-state index in [-0.39, 0.29) is 0 Å². The summed E-state index contributed by atoms with van der Waals surface area (Å²) in [4.78, 5) is 0. The van der Waals surface area contributed by atoms with E-state index < -0.39 is 0 Å². The summed E-state index contributed by atoms with van der Waals surface area (Å²) in [5, 5.41) is 3.44. The molecule has 1 aliphatic rings. The van der Waals surface area contributed by atoms with Crippen molar-refractivity contribution in [3.63, 3.8) is 0 Å². The molecule has 0 amide bonds. The highest BCUT2D eigenvalue weighted by Crippen LogP contribution is 2.39. The Balaban J connectivity index is 2.12. The minimum Gasteiger partial charge on any atom is -0.490 e. The second-order valence-electron chi connectivity index (χ2n) is 5.92. The first-order valence-electron chi connectivity index (χ1n) is 8.35.